The Morgan fingerprint density at radius 1 is 1.32 bits per heavy atom. The van der Waals surface area contributed by atoms with E-state index in [0.717, 1.165) is 5.56 Å². The normalized spacial score (nSPS) is 11.9. The van der Waals surface area contributed by atoms with Crippen LogP contribution in [0.1, 0.15) is 35.5 Å². The Bertz CT molecular complexity index is 769. The second-order valence-corrected chi connectivity index (χ2v) is 6.44. The molecule has 2 rings (SSSR count). The molecule has 1 aromatic carbocycles. The van der Waals surface area contributed by atoms with E-state index in [9.17, 15) is 9.59 Å². The minimum Gasteiger partial charge on any atom is -0.455 e. The molecule has 1 aromatic heterocycles. The number of rotatable bonds is 6. The van der Waals surface area contributed by atoms with Gasteiger partial charge in [-0.15, -0.1) is 0 Å². The zero-order valence-corrected chi connectivity index (χ0v) is 15.6. The standard InChI is InChI=1S/C17H18Cl2N2O4/c1-9(13-5-4-12(18)6-15(13)19)20-16(22)8-24-17(23)7-14-10(2)21-25-11(14)3/h4-6,9H,7-8H2,1-3H3,(H,20,22). The van der Waals surface area contributed by atoms with Crippen molar-refractivity contribution in [1.29, 1.82) is 0 Å². The fourth-order valence-electron chi connectivity index (χ4n) is 2.31. The summed E-state index contributed by atoms with van der Waals surface area (Å²) in [5.74, 6) is -0.391. The van der Waals surface area contributed by atoms with E-state index in [1.54, 1.807) is 39.0 Å². The summed E-state index contributed by atoms with van der Waals surface area (Å²) in [4.78, 5) is 23.8. The summed E-state index contributed by atoms with van der Waals surface area (Å²) in [6, 6.07) is 4.68. The highest BCUT2D eigenvalue weighted by atomic mass is 35.5. The Kier molecular flexibility index (Phi) is 6.45. The van der Waals surface area contributed by atoms with Crippen LogP contribution in [0.15, 0.2) is 22.7 Å². The van der Waals surface area contributed by atoms with Gasteiger partial charge in [0.2, 0.25) is 0 Å². The van der Waals surface area contributed by atoms with Gasteiger partial charge in [0.15, 0.2) is 6.61 Å². The number of benzene rings is 1. The van der Waals surface area contributed by atoms with E-state index in [1.807, 2.05) is 0 Å². The van der Waals surface area contributed by atoms with Gasteiger partial charge >= 0.3 is 5.97 Å². The van der Waals surface area contributed by atoms with Crippen LogP contribution in [0.3, 0.4) is 0 Å². The lowest BCUT2D eigenvalue weighted by atomic mass is 10.1. The van der Waals surface area contributed by atoms with Gasteiger partial charge in [-0.05, 0) is 38.5 Å². The van der Waals surface area contributed by atoms with Crippen LogP contribution in [0, 0.1) is 13.8 Å². The topological polar surface area (TPSA) is 81.4 Å². The summed E-state index contributed by atoms with van der Waals surface area (Å²) in [7, 11) is 0. The van der Waals surface area contributed by atoms with Gasteiger partial charge in [0.25, 0.3) is 5.91 Å². The Labute approximate surface area is 155 Å². The molecule has 6 nitrogen and oxygen atoms in total. The van der Waals surface area contributed by atoms with Crippen LogP contribution in [-0.4, -0.2) is 23.6 Å². The Morgan fingerprint density at radius 2 is 2.04 bits per heavy atom. The lowest BCUT2D eigenvalue weighted by Crippen LogP contribution is -2.31. The third-order valence-electron chi connectivity index (χ3n) is 3.67. The number of ether oxygens (including phenoxy) is 1. The molecule has 0 radical (unpaired) electrons. The SMILES string of the molecule is Cc1noc(C)c1CC(=O)OCC(=O)NC(C)c1ccc(Cl)cc1Cl. The third-order valence-corrected chi connectivity index (χ3v) is 4.24. The first kappa shape index (κ1) is 19.3. The van der Waals surface area contributed by atoms with Gasteiger partial charge in [-0.2, -0.15) is 0 Å². The number of hydrogen-bond acceptors (Lipinski definition) is 5. The van der Waals surface area contributed by atoms with E-state index in [1.165, 1.54) is 0 Å². The first-order valence-corrected chi connectivity index (χ1v) is 8.35. The van der Waals surface area contributed by atoms with Crippen LogP contribution >= 0.6 is 23.2 Å². The summed E-state index contributed by atoms with van der Waals surface area (Å²) in [6.45, 7) is 4.85. The number of esters is 1. The second-order valence-electron chi connectivity index (χ2n) is 5.60. The van der Waals surface area contributed by atoms with Crippen LogP contribution in [-0.2, 0) is 20.7 Å². The van der Waals surface area contributed by atoms with Crippen molar-refractivity contribution in [1.82, 2.24) is 10.5 Å². The summed E-state index contributed by atoms with van der Waals surface area (Å²) in [6.07, 6.45) is 0.00696. The van der Waals surface area contributed by atoms with E-state index in [4.69, 9.17) is 32.5 Å². The van der Waals surface area contributed by atoms with Gasteiger partial charge in [-0.1, -0.05) is 34.4 Å². The molecule has 0 aliphatic rings. The molecule has 0 spiro atoms. The molecule has 134 valence electrons. The quantitative estimate of drug-likeness (QED) is 0.769. The number of hydrogen-bond donors (Lipinski definition) is 1. The average molecular weight is 385 g/mol. The number of aromatic nitrogens is 1. The van der Waals surface area contributed by atoms with Crippen LogP contribution in [0.25, 0.3) is 0 Å². The molecule has 8 heteroatoms. The number of nitrogens with zero attached hydrogens (tertiary/aromatic N) is 1. The summed E-state index contributed by atoms with van der Waals surface area (Å²) >= 11 is 12.0. The first-order valence-electron chi connectivity index (χ1n) is 7.59. The molecule has 1 amide bonds. The molecule has 0 saturated carbocycles. The minimum atomic E-state index is -0.526. The Morgan fingerprint density at radius 3 is 2.64 bits per heavy atom. The van der Waals surface area contributed by atoms with Crippen LogP contribution < -0.4 is 5.32 Å². The van der Waals surface area contributed by atoms with Crippen molar-refractivity contribution in [3.8, 4) is 0 Å². The molecule has 1 unspecified atom stereocenters. The third kappa shape index (κ3) is 5.21. The number of halogens is 2. The zero-order valence-electron chi connectivity index (χ0n) is 14.1. The maximum Gasteiger partial charge on any atom is 0.310 e. The highest BCUT2D eigenvalue weighted by Crippen LogP contribution is 2.26. The average Bonchev–Trinajstić information content (AvgIpc) is 2.84. The number of nitrogens with one attached hydrogen (secondary N) is 1. The zero-order chi connectivity index (χ0) is 18.6. The van der Waals surface area contributed by atoms with Crippen molar-refractivity contribution in [2.24, 2.45) is 0 Å². The second kappa shape index (κ2) is 8.36. The van der Waals surface area contributed by atoms with Gasteiger partial charge in [0.1, 0.15) is 5.76 Å². The predicted octanol–water partition coefficient (Wildman–Crippen LogP) is 3.56. The monoisotopic (exact) mass is 384 g/mol. The summed E-state index contributed by atoms with van der Waals surface area (Å²) in [5.41, 5.74) is 2.03. The highest BCUT2D eigenvalue weighted by molar-refractivity contribution is 6.35. The fraction of sp³-hybridized carbons (Fsp3) is 0.353. The lowest BCUT2D eigenvalue weighted by molar-refractivity contribution is -0.148. The van der Waals surface area contributed by atoms with Crippen molar-refractivity contribution in [2.45, 2.75) is 33.2 Å². The van der Waals surface area contributed by atoms with Crippen LogP contribution in [0.5, 0.6) is 0 Å². The van der Waals surface area contributed by atoms with E-state index in [2.05, 4.69) is 10.5 Å². The maximum absolute atomic E-state index is 12.0. The molecular formula is C17H18Cl2N2O4. The molecule has 2 aromatic rings. The Balaban J connectivity index is 1.84. The van der Waals surface area contributed by atoms with E-state index >= 15 is 0 Å². The lowest BCUT2D eigenvalue weighted by Gasteiger charge is -2.16. The summed E-state index contributed by atoms with van der Waals surface area (Å²) in [5, 5.41) is 7.46. The molecule has 1 heterocycles. The first-order chi connectivity index (χ1) is 11.8. The van der Waals surface area contributed by atoms with Crippen molar-refractivity contribution >= 4 is 35.1 Å². The number of carbonyl (C=O) groups excluding carboxylic acids is 2. The van der Waals surface area contributed by atoms with Gasteiger partial charge in [0, 0.05) is 15.6 Å². The van der Waals surface area contributed by atoms with Crippen molar-refractivity contribution < 1.29 is 18.8 Å². The molecule has 0 aliphatic carbocycles. The molecule has 0 bridgehead atoms. The maximum atomic E-state index is 12.0. The van der Waals surface area contributed by atoms with Crippen molar-refractivity contribution in [3.05, 3.63) is 50.8 Å². The van der Waals surface area contributed by atoms with Gasteiger partial charge in [-0.3, -0.25) is 9.59 Å². The van der Waals surface area contributed by atoms with E-state index in [-0.39, 0.29) is 19.1 Å². The minimum absolute atomic E-state index is 0.00696. The molecule has 0 aliphatic heterocycles. The van der Waals surface area contributed by atoms with E-state index in [0.29, 0.717) is 27.1 Å². The predicted molar refractivity (Wildman–Crippen MR) is 93.7 cm³/mol. The number of amides is 1. The molecule has 0 fully saturated rings. The van der Waals surface area contributed by atoms with Crippen molar-refractivity contribution in [3.63, 3.8) is 0 Å². The fourth-order valence-corrected chi connectivity index (χ4v) is 2.88. The molecule has 25 heavy (non-hydrogen) atoms. The van der Waals surface area contributed by atoms with Crippen LogP contribution in [0.2, 0.25) is 10.0 Å². The number of carbonyl (C=O) groups is 2. The van der Waals surface area contributed by atoms with Gasteiger partial charge < -0.3 is 14.6 Å². The molecule has 1 atom stereocenters. The van der Waals surface area contributed by atoms with Crippen LogP contribution in [0.4, 0.5) is 0 Å². The summed E-state index contributed by atoms with van der Waals surface area (Å²) < 4.78 is 9.98. The van der Waals surface area contributed by atoms with Crippen molar-refractivity contribution in [2.75, 3.05) is 6.61 Å². The molecular weight excluding hydrogens is 367 g/mol. The Hall–Kier alpha value is -2.05. The highest BCUT2D eigenvalue weighted by Gasteiger charge is 2.17. The largest absolute Gasteiger partial charge is 0.455 e. The number of aryl methyl sites for hydroxylation is 2. The smallest absolute Gasteiger partial charge is 0.310 e. The molecule has 1 N–H and O–H groups in total. The molecule has 0 saturated heterocycles. The van der Waals surface area contributed by atoms with Gasteiger partial charge in [-0.25, -0.2) is 0 Å². The van der Waals surface area contributed by atoms with Gasteiger partial charge in [0.05, 0.1) is 18.2 Å². The van der Waals surface area contributed by atoms with E-state index < -0.39 is 11.9 Å².